The maximum Gasteiger partial charge on any atom is 0.325 e. The Kier molecular flexibility index (Phi) is 4.23. The molecule has 0 atom stereocenters. The summed E-state index contributed by atoms with van der Waals surface area (Å²) in [5.41, 5.74) is 0.129. The Hall–Kier alpha value is -1.29. The molecule has 0 spiro atoms. The van der Waals surface area contributed by atoms with E-state index >= 15 is 0 Å². The number of carbonyl (C=O) groups is 1. The van der Waals surface area contributed by atoms with Gasteiger partial charge in [-0.3, -0.25) is 14.2 Å². The van der Waals surface area contributed by atoms with Crippen molar-refractivity contribution >= 4 is 56.2 Å². The van der Waals surface area contributed by atoms with Crippen LogP contribution in [0.4, 0.5) is 5.69 Å². The van der Waals surface area contributed by atoms with Gasteiger partial charge < -0.3 is 5.11 Å². The number of anilines is 1. The molecule has 2 aromatic rings. The van der Waals surface area contributed by atoms with Gasteiger partial charge in [-0.2, -0.15) is 5.10 Å². The van der Waals surface area contributed by atoms with Gasteiger partial charge in [0.05, 0.1) is 16.2 Å². The van der Waals surface area contributed by atoms with Crippen molar-refractivity contribution in [1.29, 1.82) is 0 Å². The van der Waals surface area contributed by atoms with Crippen LogP contribution in [0.1, 0.15) is 0 Å². The fourth-order valence-corrected chi connectivity index (χ4v) is 4.54. The van der Waals surface area contributed by atoms with Crippen molar-refractivity contribution in [2.45, 2.75) is 11.4 Å². The van der Waals surface area contributed by atoms with Gasteiger partial charge in [-0.05, 0) is 6.07 Å². The second-order valence-electron chi connectivity index (χ2n) is 3.61. The average molecular weight is 356 g/mol. The topological polar surface area (TPSA) is 101 Å². The molecule has 0 fully saturated rings. The average Bonchev–Trinajstić information content (AvgIpc) is 2.84. The molecule has 0 radical (unpaired) electrons. The Balaban J connectivity index is 2.22. The van der Waals surface area contributed by atoms with Gasteiger partial charge in [-0.1, -0.05) is 23.2 Å². The standard InChI is InChI=1S/C9H7Cl2N3O4S2/c10-7-1-6(9(11)19-7)20(17,18)13-5-2-12-14(3-5)4-8(15)16/h1-3,13H,4H2,(H,15,16). The number of halogens is 2. The SMILES string of the molecule is O=C(O)Cn1cc(NS(=O)(=O)c2cc(Cl)sc2Cl)cn1. The monoisotopic (exact) mass is 355 g/mol. The number of carboxylic acids is 1. The van der Waals surface area contributed by atoms with E-state index in [1.165, 1.54) is 18.5 Å². The lowest BCUT2D eigenvalue weighted by Gasteiger charge is -2.03. The smallest absolute Gasteiger partial charge is 0.325 e. The maximum atomic E-state index is 12.1. The van der Waals surface area contributed by atoms with Gasteiger partial charge in [0.25, 0.3) is 10.0 Å². The molecule has 20 heavy (non-hydrogen) atoms. The van der Waals surface area contributed by atoms with Gasteiger partial charge in [0, 0.05) is 6.20 Å². The molecule has 2 heterocycles. The summed E-state index contributed by atoms with van der Waals surface area (Å²) in [6.45, 7) is -0.368. The quantitative estimate of drug-likeness (QED) is 0.855. The van der Waals surface area contributed by atoms with Gasteiger partial charge >= 0.3 is 5.97 Å². The summed E-state index contributed by atoms with van der Waals surface area (Å²) in [5, 5.41) is 12.3. The molecular weight excluding hydrogens is 349 g/mol. The minimum atomic E-state index is -3.90. The number of aliphatic carboxylic acids is 1. The Labute approximate surface area is 127 Å². The van der Waals surface area contributed by atoms with E-state index in [-0.39, 0.29) is 25.8 Å². The van der Waals surface area contributed by atoms with Crippen molar-refractivity contribution in [2.24, 2.45) is 0 Å². The Morgan fingerprint density at radius 1 is 1.50 bits per heavy atom. The summed E-state index contributed by atoms with van der Waals surface area (Å²) in [6.07, 6.45) is 2.45. The summed E-state index contributed by atoms with van der Waals surface area (Å²) in [5.74, 6) is -1.09. The molecule has 0 saturated heterocycles. The number of sulfonamides is 1. The van der Waals surface area contributed by atoms with E-state index in [4.69, 9.17) is 28.3 Å². The lowest BCUT2D eigenvalue weighted by Crippen LogP contribution is -2.12. The van der Waals surface area contributed by atoms with Crippen LogP contribution in [0.25, 0.3) is 0 Å². The third kappa shape index (κ3) is 3.42. The molecule has 0 aliphatic heterocycles. The molecule has 0 aliphatic rings. The minimum absolute atomic E-state index is 0.0421. The van der Waals surface area contributed by atoms with Crippen LogP contribution >= 0.6 is 34.5 Å². The minimum Gasteiger partial charge on any atom is -0.480 e. The van der Waals surface area contributed by atoms with Gasteiger partial charge in [-0.15, -0.1) is 11.3 Å². The molecule has 0 aliphatic carbocycles. The van der Waals surface area contributed by atoms with Gasteiger partial charge in [-0.25, -0.2) is 8.42 Å². The molecule has 2 N–H and O–H groups in total. The van der Waals surface area contributed by atoms with E-state index in [1.54, 1.807) is 0 Å². The largest absolute Gasteiger partial charge is 0.480 e. The first-order valence-electron chi connectivity index (χ1n) is 5.00. The van der Waals surface area contributed by atoms with E-state index in [0.717, 1.165) is 16.0 Å². The number of hydrogen-bond acceptors (Lipinski definition) is 5. The first-order valence-corrected chi connectivity index (χ1v) is 8.05. The lowest BCUT2D eigenvalue weighted by atomic mass is 10.6. The molecule has 0 saturated carbocycles. The number of nitrogens with zero attached hydrogens (tertiary/aromatic N) is 2. The zero-order valence-corrected chi connectivity index (χ0v) is 12.7. The second-order valence-corrected chi connectivity index (χ2v) is 7.55. The van der Waals surface area contributed by atoms with Crippen LogP contribution in [0.3, 0.4) is 0 Å². The predicted octanol–water partition coefficient (Wildman–Crippen LogP) is 2.14. The van der Waals surface area contributed by atoms with Crippen LogP contribution in [0.15, 0.2) is 23.4 Å². The predicted molar refractivity (Wildman–Crippen MR) is 75.0 cm³/mol. The summed E-state index contributed by atoms with van der Waals surface area (Å²) in [4.78, 5) is 10.4. The molecule has 0 unspecified atom stereocenters. The molecule has 0 bridgehead atoms. The van der Waals surface area contributed by atoms with Crippen molar-refractivity contribution in [3.8, 4) is 0 Å². The van der Waals surface area contributed by atoms with E-state index < -0.39 is 16.0 Å². The van der Waals surface area contributed by atoms with Gasteiger partial charge in [0.2, 0.25) is 0 Å². The second kappa shape index (κ2) is 5.60. The molecule has 108 valence electrons. The normalized spacial score (nSPS) is 11.5. The van der Waals surface area contributed by atoms with Crippen LogP contribution in [0.2, 0.25) is 8.67 Å². The van der Waals surface area contributed by atoms with Crippen molar-refractivity contribution < 1.29 is 18.3 Å². The van der Waals surface area contributed by atoms with E-state index in [1.807, 2.05) is 0 Å². The lowest BCUT2D eigenvalue weighted by molar-refractivity contribution is -0.137. The first kappa shape index (κ1) is 15.1. The molecule has 2 rings (SSSR count). The molecule has 0 aromatic carbocycles. The van der Waals surface area contributed by atoms with Crippen LogP contribution in [0, 0.1) is 0 Å². The van der Waals surface area contributed by atoms with E-state index in [0.29, 0.717) is 0 Å². The Morgan fingerprint density at radius 3 is 2.75 bits per heavy atom. The number of nitrogens with one attached hydrogen (secondary N) is 1. The maximum absolute atomic E-state index is 12.1. The van der Waals surface area contributed by atoms with Crippen LogP contribution in [0.5, 0.6) is 0 Å². The number of carboxylic acid groups (broad SMARTS) is 1. The molecule has 0 amide bonds. The summed E-state index contributed by atoms with van der Waals surface area (Å²) >= 11 is 12.4. The summed E-state index contributed by atoms with van der Waals surface area (Å²) in [7, 11) is -3.90. The van der Waals surface area contributed by atoms with Gasteiger partial charge in [0.1, 0.15) is 15.8 Å². The number of thiophene rings is 1. The highest BCUT2D eigenvalue weighted by Gasteiger charge is 2.21. The molecular formula is C9H7Cl2N3O4S2. The van der Waals surface area contributed by atoms with Crippen molar-refractivity contribution in [1.82, 2.24) is 9.78 Å². The van der Waals surface area contributed by atoms with E-state index in [2.05, 4.69) is 9.82 Å². The highest BCUT2D eigenvalue weighted by Crippen LogP contribution is 2.34. The molecule has 2 aromatic heterocycles. The van der Waals surface area contributed by atoms with Gasteiger partial charge in [0.15, 0.2) is 0 Å². The third-order valence-corrected chi connectivity index (χ3v) is 5.23. The fraction of sp³-hybridized carbons (Fsp3) is 0.111. The highest BCUT2D eigenvalue weighted by atomic mass is 35.5. The number of aromatic nitrogens is 2. The highest BCUT2D eigenvalue weighted by molar-refractivity contribution is 7.93. The molecule has 7 nitrogen and oxygen atoms in total. The summed E-state index contributed by atoms with van der Waals surface area (Å²) in [6, 6.07) is 1.23. The van der Waals surface area contributed by atoms with Crippen LogP contribution < -0.4 is 4.72 Å². The third-order valence-electron chi connectivity index (χ3n) is 2.10. The Morgan fingerprint density at radius 2 is 2.20 bits per heavy atom. The first-order chi connectivity index (χ1) is 9.28. The molecule has 11 heteroatoms. The van der Waals surface area contributed by atoms with Crippen molar-refractivity contribution in [3.63, 3.8) is 0 Å². The number of hydrogen-bond donors (Lipinski definition) is 2. The summed E-state index contributed by atoms with van der Waals surface area (Å²) < 4.78 is 27.7. The van der Waals surface area contributed by atoms with Crippen LogP contribution in [-0.4, -0.2) is 29.3 Å². The Bertz CT molecular complexity index is 753. The van der Waals surface area contributed by atoms with E-state index in [9.17, 15) is 13.2 Å². The van der Waals surface area contributed by atoms with Crippen molar-refractivity contribution in [2.75, 3.05) is 4.72 Å². The zero-order chi connectivity index (χ0) is 14.9. The zero-order valence-electron chi connectivity index (χ0n) is 9.58. The fourth-order valence-electron chi connectivity index (χ4n) is 1.36. The van der Waals surface area contributed by atoms with Crippen molar-refractivity contribution in [3.05, 3.63) is 27.1 Å². The number of rotatable bonds is 5. The van der Waals surface area contributed by atoms with Crippen LogP contribution in [-0.2, 0) is 21.4 Å².